The molecular formula is C45H62N4O10. The lowest BCUT2D eigenvalue weighted by molar-refractivity contribution is -0.164. The summed E-state index contributed by atoms with van der Waals surface area (Å²) >= 11 is 0. The molecule has 0 heterocycles. The number of rotatable bonds is 21. The lowest BCUT2D eigenvalue weighted by Gasteiger charge is -2.36. The van der Waals surface area contributed by atoms with Gasteiger partial charge in [-0.15, -0.1) is 0 Å². The Morgan fingerprint density at radius 2 is 1.15 bits per heavy atom. The topological polar surface area (TPSA) is 175 Å². The predicted octanol–water partition coefficient (Wildman–Crippen LogP) is 4.38. The predicted molar refractivity (Wildman–Crippen MR) is 224 cm³/mol. The van der Waals surface area contributed by atoms with E-state index in [-0.39, 0.29) is 24.3 Å². The van der Waals surface area contributed by atoms with Crippen molar-refractivity contribution in [1.82, 2.24) is 20.0 Å². The average molecular weight is 819 g/mol. The fourth-order valence-electron chi connectivity index (χ4n) is 6.63. The molecule has 0 aliphatic rings. The third kappa shape index (κ3) is 13.5. The van der Waals surface area contributed by atoms with E-state index < -0.39 is 71.8 Å². The highest BCUT2D eigenvalue weighted by Crippen LogP contribution is 2.22. The van der Waals surface area contributed by atoms with Crippen LogP contribution in [0, 0.1) is 11.8 Å². The minimum absolute atomic E-state index is 0.0174. The molecule has 3 rings (SSSR count). The second kappa shape index (κ2) is 22.5. The number of aromatic hydroxyl groups is 2. The number of likely N-dealkylation sites (N-methyl/N-ethyl adjacent to an activating group) is 3. The summed E-state index contributed by atoms with van der Waals surface area (Å²) in [5.74, 6) is -3.06. The number of aryl methyl sites for hydroxylation is 1. The van der Waals surface area contributed by atoms with E-state index in [9.17, 15) is 34.2 Å². The maximum atomic E-state index is 14.5. The first-order valence-electron chi connectivity index (χ1n) is 19.9. The van der Waals surface area contributed by atoms with Crippen molar-refractivity contribution in [1.29, 1.82) is 0 Å². The first-order valence-corrected chi connectivity index (χ1v) is 19.9. The molecule has 0 unspecified atom stereocenters. The number of benzene rings is 3. The van der Waals surface area contributed by atoms with Crippen LogP contribution in [0.1, 0.15) is 57.2 Å². The number of phenols is 2. The van der Waals surface area contributed by atoms with Crippen molar-refractivity contribution in [3.63, 3.8) is 0 Å². The molecule has 0 aromatic heterocycles. The Hall–Kier alpha value is -5.63. The molecule has 6 atom stereocenters. The second-order valence-electron chi connectivity index (χ2n) is 15.5. The van der Waals surface area contributed by atoms with Gasteiger partial charge in [0, 0.05) is 26.4 Å². The zero-order chi connectivity index (χ0) is 44.0. The van der Waals surface area contributed by atoms with Crippen LogP contribution in [0.4, 0.5) is 0 Å². The minimum atomic E-state index is -1.22. The number of nitrogens with zero attached hydrogens (tertiary/aromatic N) is 3. The van der Waals surface area contributed by atoms with Crippen molar-refractivity contribution in [3.05, 3.63) is 89.5 Å². The minimum Gasteiger partial charge on any atom is -0.508 e. The van der Waals surface area contributed by atoms with Gasteiger partial charge in [0.1, 0.15) is 41.4 Å². The third-order valence-corrected chi connectivity index (χ3v) is 10.8. The van der Waals surface area contributed by atoms with Gasteiger partial charge >= 0.3 is 11.9 Å². The highest BCUT2D eigenvalue weighted by atomic mass is 16.6. The van der Waals surface area contributed by atoms with E-state index in [1.54, 1.807) is 83.3 Å². The van der Waals surface area contributed by atoms with Gasteiger partial charge in [0.2, 0.25) is 11.8 Å². The smallest absolute Gasteiger partial charge is 0.328 e. The molecule has 0 spiro atoms. The summed E-state index contributed by atoms with van der Waals surface area (Å²) in [7, 11) is 9.27. The molecule has 14 heteroatoms. The van der Waals surface area contributed by atoms with Gasteiger partial charge in [-0.25, -0.2) is 4.79 Å². The van der Waals surface area contributed by atoms with E-state index in [1.165, 1.54) is 55.3 Å². The summed E-state index contributed by atoms with van der Waals surface area (Å²) < 4.78 is 16.3. The SMILES string of the molecule is CC[C@H](C)[C@@H](OC(=O)[C@@H](Cc1ccc(OC)cc1)N(C)C)C(=O)N[C@H](C(=O)N(C)[C@H](Cc1ccc(O)cc1)C(=O)N(C)[C@H](CCc1ccc(O)cc1)C(=O)OC)C(C)C. The fraction of sp³-hybridized carbons (Fsp3) is 0.489. The molecule has 0 saturated carbocycles. The lowest BCUT2D eigenvalue weighted by atomic mass is 9.96. The van der Waals surface area contributed by atoms with Crippen LogP contribution < -0.4 is 10.1 Å². The van der Waals surface area contributed by atoms with E-state index in [1.807, 2.05) is 19.1 Å². The maximum Gasteiger partial charge on any atom is 0.328 e. The molecule has 59 heavy (non-hydrogen) atoms. The summed E-state index contributed by atoms with van der Waals surface area (Å²) in [6.07, 6.45) is 0.193. The van der Waals surface area contributed by atoms with Gasteiger partial charge in [0.25, 0.3) is 5.91 Å². The standard InChI is InChI=1S/C45H62N4O10/c1-11-29(4)40(59-45(56)38(47(5)6)27-32-16-23-35(57-9)24-17-32)41(52)46-39(28(2)3)43(54)49(8)37(26-31-14-21-34(51)22-15-31)42(53)48(7)36(44(55)58-10)25-18-30-12-19-33(50)20-13-30/h12-17,19-24,28-29,36-40,50-51H,11,18,25-27H2,1-10H3,(H,46,52)/t29-,36+,37+,38+,39-,40+/m0/s1. The van der Waals surface area contributed by atoms with Crippen LogP contribution in [0.15, 0.2) is 72.8 Å². The zero-order valence-electron chi connectivity index (χ0n) is 36.0. The van der Waals surface area contributed by atoms with Crippen molar-refractivity contribution in [2.24, 2.45) is 11.8 Å². The number of esters is 2. The van der Waals surface area contributed by atoms with Gasteiger partial charge < -0.3 is 39.5 Å². The summed E-state index contributed by atoms with van der Waals surface area (Å²) in [4.78, 5) is 74.3. The fourth-order valence-corrected chi connectivity index (χ4v) is 6.63. The Bertz CT molecular complexity index is 1830. The zero-order valence-corrected chi connectivity index (χ0v) is 36.0. The number of carbonyl (C=O) groups excluding carboxylic acids is 5. The van der Waals surface area contributed by atoms with Gasteiger partial charge in [0.05, 0.1) is 14.2 Å². The van der Waals surface area contributed by atoms with Crippen molar-refractivity contribution in [2.45, 2.75) is 90.1 Å². The normalized spacial score (nSPS) is 14.3. The van der Waals surface area contributed by atoms with Crippen molar-refractivity contribution < 1.29 is 48.4 Å². The van der Waals surface area contributed by atoms with Crippen LogP contribution in [0.2, 0.25) is 0 Å². The van der Waals surface area contributed by atoms with E-state index in [4.69, 9.17) is 14.2 Å². The summed E-state index contributed by atoms with van der Waals surface area (Å²) in [6, 6.07) is 16.1. The number of methoxy groups -OCH3 is 2. The number of nitrogens with one attached hydrogen (secondary N) is 1. The summed E-state index contributed by atoms with van der Waals surface area (Å²) in [5.41, 5.74) is 2.33. The van der Waals surface area contributed by atoms with Crippen LogP contribution in [-0.2, 0) is 52.7 Å². The number of carbonyl (C=O) groups is 5. The van der Waals surface area contributed by atoms with Gasteiger partial charge in [-0.05, 0) is 98.8 Å². The van der Waals surface area contributed by atoms with E-state index in [0.717, 1.165) is 11.1 Å². The molecule has 3 amide bonds. The Labute approximate surface area is 348 Å². The number of hydrogen-bond acceptors (Lipinski definition) is 11. The van der Waals surface area contributed by atoms with Crippen LogP contribution in [0.3, 0.4) is 0 Å². The first kappa shape index (κ1) is 47.7. The number of hydrogen-bond donors (Lipinski definition) is 3. The van der Waals surface area contributed by atoms with Crippen molar-refractivity contribution >= 4 is 29.7 Å². The van der Waals surface area contributed by atoms with Gasteiger partial charge in [-0.3, -0.25) is 24.1 Å². The molecule has 3 aromatic rings. The molecule has 14 nitrogen and oxygen atoms in total. The molecule has 0 aliphatic carbocycles. The molecule has 0 radical (unpaired) electrons. The highest BCUT2D eigenvalue weighted by molar-refractivity contribution is 5.95. The van der Waals surface area contributed by atoms with E-state index in [2.05, 4.69) is 5.32 Å². The molecule has 0 aliphatic heterocycles. The quantitative estimate of drug-likeness (QED) is 0.130. The lowest BCUT2D eigenvalue weighted by Crippen LogP contribution is -2.59. The molecule has 322 valence electrons. The van der Waals surface area contributed by atoms with Crippen LogP contribution in [0.25, 0.3) is 0 Å². The number of ether oxygens (including phenoxy) is 3. The average Bonchev–Trinajstić information content (AvgIpc) is 3.22. The second-order valence-corrected chi connectivity index (χ2v) is 15.5. The van der Waals surface area contributed by atoms with E-state index in [0.29, 0.717) is 30.6 Å². The largest absolute Gasteiger partial charge is 0.508 e. The Kier molecular flexibility index (Phi) is 18.2. The Morgan fingerprint density at radius 1 is 0.661 bits per heavy atom. The monoisotopic (exact) mass is 818 g/mol. The van der Waals surface area contributed by atoms with Crippen molar-refractivity contribution in [2.75, 3.05) is 42.4 Å². The van der Waals surface area contributed by atoms with Crippen molar-refractivity contribution in [3.8, 4) is 17.2 Å². The van der Waals surface area contributed by atoms with Gasteiger partial charge in [-0.2, -0.15) is 0 Å². The Morgan fingerprint density at radius 3 is 1.63 bits per heavy atom. The molecule has 3 N–H and O–H groups in total. The first-order chi connectivity index (χ1) is 27.9. The number of amides is 3. The highest BCUT2D eigenvalue weighted by Gasteiger charge is 2.40. The maximum absolute atomic E-state index is 14.5. The molecule has 0 bridgehead atoms. The number of phenolic OH excluding ortho intramolecular Hbond substituents is 2. The molecule has 3 aromatic carbocycles. The van der Waals surface area contributed by atoms with Gasteiger partial charge in [0.15, 0.2) is 6.10 Å². The van der Waals surface area contributed by atoms with Crippen LogP contribution in [0.5, 0.6) is 17.2 Å². The molecular weight excluding hydrogens is 757 g/mol. The summed E-state index contributed by atoms with van der Waals surface area (Å²) in [5, 5.41) is 22.5. The van der Waals surface area contributed by atoms with E-state index >= 15 is 0 Å². The third-order valence-electron chi connectivity index (χ3n) is 10.8. The molecule has 0 saturated heterocycles. The summed E-state index contributed by atoms with van der Waals surface area (Å²) in [6.45, 7) is 7.20. The van der Waals surface area contributed by atoms with Crippen LogP contribution >= 0.6 is 0 Å². The Balaban J connectivity index is 1.90. The molecule has 0 fully saturated rings. The van der Waals surface area contributed by atoms with Gasteiger partial charge in [-0.1, -0.05) is 64.1 Å². The van der Waals surface area contributed by atoms with Crippen LogP contribution in [-0.4, -0.2) is 127 Å².